The largest absolute Gasteiger partial charge is 0.0654 e. The number of rotatable bonds is 7. The first kappa shape index (κ1) is 17.6. The molecular formula is C22H36. The van der Waals surface area contributed by atoms with E-state index in [0.717, 1.165) is 17.8 Å². The molecule has 22 heavy (non-hydrogen) atoms. The standard InChI is InChI=1S/C22H36/c1-5-12-22(13-6-2)16-19(14-18(3)4)15-21(17-22)20-10-8-7-9-11-20/h7-11,18-19,21H,5-6,12-17H2,1-4H3. The van der Waals surface area contributed by atoms with Crippen molar-refractivity contribution in [2.24, 2.45) is 17.3 Å². The van der Waals surface area contributed by atoms with Crippen molar-refractivity contribution in [2.75, 3.05) is 0 Å². The molecule has 0 spiro atoms. The number of hydrogen-bond acceptors (Lipinski definition) is 0. The topological polar surface area (TPSA) is 0 Å². The summed E-state index contributed by atoms with van der Waals surface area (Å²) >= 11 is 0. The summed E-state index contributed by atoms with van der Waals surface area (Å²) in [6, 6.07) is 11.3. The van der Waals surface area contributed by atoms with Gasteiger partial charge >= 0.3 is 0 Å². The molecular weight excluding hydrogens is 264 g/mol. The average Bonchev–Trinajstić information content (AvgIpc) is 2.47. The van der Waals surface area contributed by atoms with Crippen LogP contribution in [0.5, 0.6) is 0 Å². The van der Waals surface area contributed by atoms with Crippen LogP contribution in [0.15, 0.2) is 30.3 Å². The van der Waals surface area contributed by atoms with Crippen molar-refractivity contribution in [3.05, 3.63) is 35.9 Å². The Hall–Kier alpha value is -0.780. The van der Waals surface area contributed by atoms with Gasteiger partial charge in [0.15, 0.2) is 0 Å². The van der Waals surface area contributed by atoms with Gasteiger partial charge in [-0.2, -0.15) is 0 Å². The molecule has 0 aliphatic heterocycles. The predicted octanol–water partition coefficient (Wildman–Crippen LogP) is 7.20. The van der Waals surface area contributed by atoms with Crippen molar-refractivity contribution in [3.63, 3.8) is 0 Å². The van der Waals surface area contributed by atoms with Gasteiger partial charge in [0.05, 0.1) is 0 Å². The Morgan fingerprint density at radius 3 is 2.18 bits per heavy atom. The van der Waals surface area contributed by atoms with Crippen molar-refractivity contribution in [2.45, 2.75) is 85.0 Å². The molecule has 0 aromatic heterocycles. The zero-order valence-electron chi connectivity index (χ0n) is 15.3. The Kier molecular flexibility index (Phi) is 6.53. The zero-order chi connectivity index (χ0) is 16.0. The summed E-state index contributed by atoms with van der Waals surface area (Å²) in [6.07, 6.45) is 11.3. The first-order chi connectivity index (χ1) is 10.6. The van der Waals surface area contributed by atoms with Gasteiger partial charge in [0.1, 0.15) is 0 Å². The van der Waals surface area contributed by atoms with Gasteiger partial charge in [-0.05, 0) is 67.3 Å². The highest BCUT2D eigenvalue weighted by Crippen LogP contribution is 2.52. The second-order valence-electron chi connectivity index (χ2n) is 8.25. The van der Waals surface area contributed by atoms with E-state index in [9.17, 15) is 0 Å². The second kappa shape index (κ2) is 8.18. The molecule has 2 rings (SSSR count). The third-order valence-corrected chi connectivity index (χ3v) is 5.66. The quantitative estimate of drug-likeness (QED) is 0.499. The van der Waals surface area contributed by atoms with Gasteiger partial charge < -0.3 is 0 Å². The summed E-state index contributed by atoms with van der Waals surface area (Å²) < 4.78 is 0. The summed E-state index contributed by atoms with van der Waals surface area (Å²) in [5.74, 6) is 2.55. The normalized spacial score (nSPS) is 24.6. The molecule has 1 fully saturated rings. The van der Waals surface area contributed by atoms with E-state index < -0.39 is 0 Å². The molecule has 0 heteroatoms. The fourth-order valence-electron chi connectivity index (χ4n) is 5.21. The molecule has 2 atom stereocenters. The monoisotopic (exact) mass is 300 g/mol. The molecule has 0 nitrogen and oxygen atoms in total. The summed E-state index contributed by atoms with van der Waals surface area (Å²) in [5, 5.41) is 0. The van der Waals surface area contributed by atoms with Crippen LogP contribution in [-0.4, -0.2) is 0 Å². The van der Waals surface area contributed by atoms with Crippen LogP contribution in [0.4, 0.5) is 0 Å². The summed E-state index contributed by atoms with van der Waals surface area (Å²) in [6.45, 7) is 9.54. The van der Waals surface area contributed by atoms with E-state index in [1.807, 2.05) is 0 Å². The van der Waals surface area contributed by atoms with Crippen LogP contribution in [0, 0.1) is 17.3 Å². The maximum absolute atomic E-state index is 2.40. The van der Waals surface area contributed by atoms with Gasteiger partial charge in [-0.15, -0.1) is 0 Å². The van der Waals surface area contributed by atoms with Crippen LogP contribution in [0.1, 0.15) is 90.5 Å². The lowest BCUT2D eigenvalue weighted by Crippen LogP contribution is -2.33. The highest BCUT2D eigenvalue weighted by atomic mass is 14.4. The lowest BCUT2D eigenvalue weighted by atomic mass is 9.59. The zero-order valence-corrected chi connectivity index (χ0v) is 15.3. The van der Waals surface area contributed by atoms with E-state index in [2.05, 4.69) is 58.0 Å². The number of hydrogen-bond donors (Lipinski definition) is 0. The highest BCUT2D eigenvalue weighted by molar-refractivity contribution is 5.21. The van der Waals surface area contributed by atoms with Crippen molar-refractivity contribution < 1.29 is 0 Å². The van der Waals surface area contributed by atoms with E-state index in [0.29, 0.717) is 5.41 Å². The molecule has 0 radical (unpaired) electrons. The van der Waals surface area contributed by atoms with E-state index in [-0.39, 0.29) is 0 Å². The molecule has 0 heterocycles. The van der Waals surface area contributed by atoms with Crippen LogP contribution in [0.25, 0.3) is 0 Å². The van der Waals surface area contributed by atoms with Crippen molar-refractivity contribution >= 4 is 0 Å². The Labute approximate surface area is 138 Å². The van der Waals surface area contributed by atoms with Crippen LogP contribution in [0.3, 0.4) is 0 Å². The van der Waals surface area contributed by atoms with Crippen molar-refractivity contribution in [1.29, 1.82) is 0 Å². The maximum atomic E-state index is 2.40. The van der Waals surface area contributed by atoms with Crippen LogP contribution in [-0.2, 0) is 0 Å². The summed E-state index contributed by atoms with van der Waals surface area (Å²) in [5.41, 5.74) is 2.20. The average molecular weight is 301 g/mol. The molecule has 1 aromatic carbocycles. The van der Waals surface area contributed by atoms with Gasteiger partial charge in [0.25, 0.3) is 0 Å². The molecule has 0 saturated heterocycles. The van der Waals surface area contributed by atoms with Crippen LogP contribution >= 0.6 is 0 Å². The number of benzene rings is 1. The first-order valence-electron chi connectivity index (χ1n) is 9.63. The molecule has 1 aliphatic rings. The fourth-order valence-corrected chi connectivity index (χ4v) is 5.21. The van der Waals surface area contributed by atoms with E-state index >= 15 is 0 Å². The van der Waals surface area contributed by atoms with E-state index in [1.165, 1.54) is 51.4 Å². The highest BCUT2D eigenvalue weighted by Gasteiger charge is 2.39. The molecule has 124 valence electrons. The minimum Gasteiger partial charge on any atom is -0.0654 e. The summed E-state index contributed by atoms with van der Waals surface area (Å²) in [4.78, 5) is 0. The predicted molar refractivity (Wildman–Crippen MR) is 98.2 cm³/mol. The minimum absolute atomic E-state index is 0.613. The smallest absolute Gasteiger partial charge is 0.0154 e. The molecule has 0 N–H and O–H groups in total. The summed E-state index contributed by atoms with van der Waals surface area (Å²) in [7, 11) is 0. The lowest BCUT2D eigenvalue weighted by Gasteiger charge is -2.46. The fraction of sp³-hybridized carbons (Fsp3) is 0.727. The van der Waals surface area contributed by atoms with Gasteiger partial charge in [-0.1, -0.05) is 70.9 Å². The van der Waals surface area contributed by atoms with E-state index in [1.54, 1.807) is 5.56 Å². The van der Waals surface area contributed by atoms with Gasteiger partial charge in [0, 0.05) is 0 Å². The van der Waals surface area contributed by atoms with E-state index in [4.69, 9.17) is 0 Å². The van der Waals surface area contributed by atoms with Gasteiger partial charge in [0.2, 0.25) is 0 Å². The lowest BCUT2D eigenvalue weighted by molar-refractivity contribution is 0.0852. The SMILES string of the molecule is CCCC1(CCC)CC(CC(C)C)CC(c2ccccc2)C1. The third kappa shape index (κ3) is 4.61. The first-order valence-corrected chi connectivity index (χ1v) is 9.63. The van der Waals surface area contributed by atoms with Crippen LogP contribution in [0.2, 0.25) is 0 Å². The third-order valence-electron chi connectivity index (χ3n) is 5.66. The Morgan fingerprint density at radius 1 is 1.00 bits per heavy atom. The Morgan fingerprint density at radius 2 is 1.64 bits per heavy atom. The minimum atomic E-state index is 0.613. The van der Waals surface area contributed by atoms with Crippen molar-refractivity contribution in [1.82, 2.24) is 0 Å². The van der Waals surface area contributed by atoms with Crippen LogP contribution < -0.4 is 0 Å². The maximum Gasteiger partial charge on any atom is -0.0154 e. The van der Waals surface area contributed by atoms with Crippen molar-refractivity contribution in [3.8, 4) is 0 Å². The van der Waals surface area contributed by atoms with Gasteiger partial charge in [-0.3, -0.25) is 0 Å². The molecule has 1 saturated carbocycles. The molecule has 1 aliphatic carbocycles. The molecule has 0 bridgehead atoms. The second-order valence-corrected chi connectivity index (χ2v) is 8.25. The Bertz CT molecular complexity index is 411. The van der Waals surface area contributed by atoms with Gasteiger partial charge in [-0.25, -0.2) is 0 Å². The molecule has 2 unspecified atom stereocenters. The molecule has 0 amide bonds. The molecule has 1 aromatic rings. The Balaban J connectivity index is 2.22.